The van der Waals surface area contributed by atoms with Gasteiger partial charge in [-0.1, -0.05) is 0 Å². The van der Waals surface area contributed by atoms with Crippen molar-refractivity contribution in [2.24, 2.45) is 69.2 Å². The maximum atomic E-state index is 9.28. The standard InChI is InChI=1S/2C3H4O4.4CH6N4/c2*4-2(5)1-3(6)7;4*2-1(3)5-4/h2*1H2,(H,4,5)(H,6,7);4*4H2,(H4,2,3,5). The molecule has 0 aromatic rings. The van der Waals surface area contributed by atoms with Crippen LogP contribution in [0.4, 0.5) is 0 Å². The highest BCUT2D eigenvalue weighted by Gasteiger charge is 1.82. The summed E-state index contributed by atoms with van der Waals surface area (Å²) >= 11 is 0. The van der Waals surface area contributed by atoms with E-state index in [1.807, 2.05) is 20.4 Å². The van der Waals surface area contributed by atoms with Gasteiger partial charge < -0.3 is 39.6 Å². The molecule has 0 heterocycles. The Morgan fingerprint density at radius 3 is 0.500 bits per heavy atom. The molecule has 0 aromatic carbocycles. The van der Waals surface area contributed by atoms with Crippen LogP contribution in [-0.4, -0.2) is 47.7 Å². The first-order chi connectivity index (χ1) is 15.3. The summed E-state index contributed by atoms with van der Waals surface area (Å²) in [5, 5.41) is 45.1. The lowest BCUT2D eigenvalue weighted by Crippen LogP contribution is -2.84. The monoisotopic (exact) mass is 504 g/mol. The van der Waals surface area contributed by atoms with Crippen LogP contribution in [0.3, 0.4) is 0 Å². The number of carboxylic acids is 4. The number of nitrogens with one attached hydrogen (secondary N) is 4. The summed E-state index contributed by atoms with van der Waals surface area (Å²) in [4.78, 5) is 37.1. The molecule has 0 spiro atoms. The van der Waals surface area contributed by atoms with Crippen LogP contribution in [0.1, 0.15) is 12.8 Å². The van der Waals surface area contributed by atoms with E-state index in [0.717, 1.165) is 0 Å². The molecule has 0 unspecified atom stereocenters. The second-order valence-corrected chi connectivity index (χ2v) is 4.24. The number of carboxylic acid groups (broad SMARTS) is 4. The molecule has 28 N–H and O–H groups in total. The third kappa shape index (κ3) is 160. The van der Waals surface area contributed by atoms with Crippen molar-refractivity contribution in [1.29, 1.82) is 0 Å². The summed E-state index contributed by atoms with van der Waals surface area (Å²) in [7, 11) is 0. The maximum Gasteiger partial charge on any atom is 0.360 e. The van der Waals surface area contributed by atoms with E-state index in [1.54, 1.807) is 0 Å². The number of aliphatic carboxylic acids is 4. The fourth-order valence-corrected chi connectivity index (χ4v) is 0.236. The van der Waals surface area contributed by atoms with Crippen LogP contribution < -0.4 is 110 Å². The Bertz CT molecular complexity index is 561. The topological polar surface area (TPSA) is 529 Å². The van der Waals surface area contributed by atoms with Gasteiger partial charge in [0.15, 0.2) is 0 Å². The summed E-state index contributed by atoms with van der Waals surface area (Å²) in [6, 6.07) is 0. The largest absolute Gasteiger partial charge is 0.550 e. The predicted octanol–water partition coefficient (Wildman–Crippen LogP) is -21.4. The lowest BCUT2D eigenvalue weighted by Gasteiger charge is -1.99. The van der Waals surface area contributed by atoms with E-state index in [4.69, 9.17) is 45.9 Å². The number of guanidine groups is 4. The van der Waals surface area contributed by atoms with Gasteiger partial charge in [0.2, 0.25) is 0 Å². The van der Waals surface area contributed by atoms with Crippen molar-refractivity contribution >= 4 is 47.7 Å². The maximum absolute atomic E-state index is 9.28. The van der Waals surface area contributed by atoms with Crippen LogP contribution in [0.2, 0.25) is 0 Å². The molecule has 0 fully saturated rings. The predicted molar refractivity (Wildman–Crippen MR) is 103 cm³/mol. The number of hydrazine groups is 4. The molecule has 0 aliphatic heterocycles. The van der Waals surface area contributed by atoms with E-state index in [2.05, 4.69) is 23.4 Å². The number of rotatable bonds is 4. The van der Waals surface area contributed by atoms with E-state index in [0.29, 0.717) is 0 Å². The van der Waals surface area contributed by atoms with Gasteiger partial charge in [-0.05, 0) is 0 Å². The number of hydrogen-bond donors (Lipinski definition) is 16. The Balaban J connectivity index is -0.0000000697. The zero-order valence-electron chi connectivity index (χ0n) is 17.6. The minimum atomic E-state index is -1.63. The minimum absolute atomic E-state index is 0.0324. The first kappa shape index (κ1) is 42.3. The van der Waals surface area contributed by atoms with Crippen molar-refractivity contribution in [3.8, 4) is 0 Å². The van der Waals surface area contributed by atoms with Crippen LogP contribution in [0, 0.1) is 0 Å². The van der Waals surface area contributed by atoms with Crippen molar-refractivity contribution in [2.45, 2.75) is 12.8 Å². The molecule has 0 aliphatic carbocycles. The third-order valence-electron chi connectivity index (χ3n) is 1.24. The quantitative estimate of drug-likeness (QED) is 0.0554. The summed E-state index contributed by atoms with van der Waals surface area (Å²) in [5.41, 5.74) is 38.0. The van der Waals surface area contributed by atoms with Crippen molar-refractivity contribution < 1.29 is 60.0 Å². The highest BCUT2D eigenvalue weighted by atomic mass is 16.4. The average molecular weight is 504 g/mol. The highest BCUT2D eigenvalue weighted by Crippen LogP contribution is 1.66. The number of carbonyl (C=O) groups is 4. The van der Waals surface area contributed by atoms with Crippen molar-refractivity contribution in [3.63, 3.8) is 0 Å². The zero-order chi connectivity index (χ0) is 28.9. The molecule has 0 amide bonds. The highest BCUT2D eigenvalue weighted by molar-refractivity contribution is 5.87. The number of nitrogens with two attached hydrogens (primary N) is 12. The normalized spacial score (nSPS) is 7.06. The molecule has 0 bridgehead atoms. The number of hydrogen-bond acceptors (Lipinski definition) is 12. The third-order valence-corrected chi connectivity index (χ3v) is 1.24. The summed E-state index contributed by atoms with van der Waals surface area (Å²) in [5.74, 6) is 12.2. The molecule has 0 saturated carbocycles. The molecule has 0 atom stereocenters. The molecule has 24 heteroatoms. The first-order valence-corrected chi connectivity index (χ1v) is 7.51. The Labute approximate surface area is 190 Å². The van der Waals surface area contributed by atoms with E-state index in [-0.39, 0.29) is 23.8 Å². The summed E-state index contributed by atoms with van der Waals surface area (Å²) < 4.78 is 0. The Kier molecular flexibility index (Phi) is 39.6. The Morgan fingerprint density at radius 1 is 0.412 bits per heavy atom. The summed E-state index contributed by atoms with van der Waals surface area (Å²) in [6.45, 7) is 0. The van der Waals surface area contributed by atoms with Gasteiger partial charge in [0.1, 0.15) is 0 Å². The number of carbonyl (C=O) groups excluding carboxylic acids is 4. The molecule has 0 radical (unpaired) electrons. The molecule has 200 valence electrons. The molecule has 0 saturated heterocycles. The zero-order valence-corrected chi connectivity index (χ0v) is 17.6. The van der Waals surface area contributed by atoms with Crippen molar-refractivity contribution in [2.75, 3.05) is 0 Å². The van der Waals surface area contributed by atoms with E-state index in [9.17, 15) is 39.6 Å². The van der Waals surface area contributed by atoms with Gasteiger partial charge >= 0.3 is 23.8 Å². The molecular weight excluding hydrogens is 472 g/mol. The first-order valence-electron chi connectivity index (χ1n) is 7.51. The van der Waals surface area contributed by atoms with Gasteiger partial charge in [0.05, 0.1) is 0 Å². The van der Waals surface area contributed by atoms with Crippen LogP contribution in [0.25, 0.3) is 0 Å². The van der Waals surface area contributed by atoms with Gasteiger partial charge in [-0.15, -0.1) is 0 Å². The van der Waals surface area contributed by atoms with Gasteiger partial charge in [0.25, 0.3) is 0 Å². The van der Waals surface area contributed by atoms with Gasteiger partial charge in [0, 0.05) is 36.7 Å². The van der Waals surface area contributed by atoms with E-state index < -0.39 is 36.7 Å². The molecular formula is C10H32N16O8. The molecule has 0 aliphatic rings. The minimum Gasteiger partial charge on any atom is -0.550 e. The van der Waals surface area contributed by atoms with Gasteiger partial charge in [-0.25, -0.2) is 0 Å². The number of hydrazone groups is 4. The smallest absolute Gasteiger partial charge is 0.360 e. The summed E-state index contributed by atoms with van der Waals surface area (Å²) in [6.07, 6.45) is -2.06. The van der Waals surface area contributed by atoms with Gasteiger partial charge in [-0.3, -0.25) is 69.2 Å². The fraction of sp³-hybridized carbons (Fsp3) is 0.200. The molecule has 24 nitrogen and oxygen atoms in total. The van der Waals surface area contributed by atoms with Crippen LogP contribution in [0.15, 0.2) is 0 Å². The van der Waals surface area contributed by atoms with E-state index in [1.165, 1.54) is 0 Å². The molecule has 0 aromatic heterocycles. The second-order valence-electron chi connectivity index (χ2n) is 4.24. The Hall–Kier alpha value is -5.84. The average Bonchev–Trinajstić information content (AvgIpc) is 2.67. The van der Waals surface area contributed by atoms with Gasteiger partial charge in [-0.2, -0.15) is 20.4 Å². The van der Waals surface area contributed by atoms with E-state index >= 15 is 0 Å². The Morgan fingerprint density at radius 2 is 0.500 bits per heavy atom. The van der Waals surface area contributed by atoms with Crippen molar-refractivity contribution in [1.82, 2.24) is 0 Å². The van der Waals surface area contributed by atoms with Crippen molar-refractivity contribution in [3.05, 3.63) is 0 Å². The second kappa shape index (κ2) is 31.8. The fourth-order valence-electron chi connectivity index (χ4n) is 0.236. The van der Waals surface area contributed by atoms with Crippen LogP contribution in [0.5, 0.6) is 0 Å². The lowest BCUT2D eigenvalue weighted by molar-refractivity contribution is -0.471. The lowest BCUT2D eigenvalue weighted by atomic mass is 10.5. The molecule has 0 rings (SSSR count). The van der Waals surface area contributed by atoms with Crippen LogP contribution >= 0.6 is 0 Å². The van der Waals surface area contributed by atoms with Crippen LogP contribution in [-0.2, 0) is 19.2 Å². The molecule has 34 heavy (non-hydrogen) atoms. The SMILES string of the molecule is N[NH+]=C(N)N.N[NH+]=C(N)N.N[NH+]=C(N)N.N[NH+]=C(N)N.O=C([O-])CC(=O)[O-].O=C([O-])CC(=O)[O-].